The quantitative estimate of drug-likeness (QED) is 0.845. The van der Waals surface area contributed by atoms with E-state index in [1.54, 1.807) is 17.0 Å². The summed E-state index contributed by atoms with van der Waals surface area (Å²) in [6.07, 6.45) is 0.535. The first-order valence-corrected chi connectivity index (χ1v) is 7.30. The Morgan fingerprint density at radius 2 is 2.05 bits per heavy atom. The topological polar surface area (TPSA) is 52.6 Å². The van der Waals surface area contributed by atoms with Crippen molar-refractivity contribution in [2.75, 3.05) is 13.2 Å². The van der Waals surface area contributed by atoms with E-state index in [9.17, 15) is 4.79 Å². The lowest BCUT2D eigenvalue weighted by Crippen LogP contribution is -2.43. The van der Waals surface area contributed by atoms with Crippen LogP contribution in [0.15, 0.2) is 18.2 Å². The Bertz CT molecular complexity index is 453. The van der Waals surface area contributed by atoms with E-state index in [-0.39, 0.29) is 18.7 Å². The van der Waals surface area contributed by atoms with Crippen LogP contribution < -0.4 is 5.32 Å². The van der Waals surface area contributed by atoms with Crippen LogP contribution in [-0.4, -0.2) is 35.2 Å². The molecule has 1 rings (SSSR count). The number of rotatable bonds is 6. The van der Waals surface area contributed by atoms with Crippen LogP contribution in [0.5, 0.6) is 0 Å². The highest BCUT2D eigenvalue weighted by atomic mass is 35.5. The van der Waals surface area contributed by atoms with Crippen LogP contribution in [0.25, 0.3) is 0 Å². The van der Waals surface area contributed by atoms with Crippen molar-refractivity contribution in [2.24, 2.45) is 0 Å². The van der Waals surface area contributed by atoms with E-state index in [1.807, 2.05) is 19.9 Å². The molecule has 2 amide bonds. The number of urea groups is 1. The lowest BCUT2D eigenvalue weighted by Gasteiger charge is -2.24. The fourth-order valence-corrected chi connectivity index (χ4v) is 2.03. The van der Waals surface area contributed by atoms with Gasteiger partial charge in [0.25, 0.3) is 0 Å². The summed E-state index contributed by atoms with van der Waals surface area (Å²) in [7, 11) is 0. The normalized spacial score (nSPS) is 10.7. The number of nitrogens with zero attached hydrogens (tertiary/aromatic N) is 1. The number of hydrogen-bond acceptors (Lipinski definition) is 2. The first kappa shape index (κ1) is 17.1. The molecule has 0 heterocycles. The molecule has 2 N–H and O–H groups in total. The molecule has 0 aliphatic heterocycles. The number of amides is 2. The van der Waals surface area contributed by atoms with Gasteiger partial charge in [0.2, 0.25) is 0 Å². The van der Waals surface area contributed by atoms with E-state index in [0.717, 1.165) is 5.56 Å². The number of hydrogen-bond donors (Lipinski definition) is 2. The molecule has 0 saturated heterocycles. The standard InChI is InChI=1S/C14H20Cl2N2O2/c1-10(2)17-14(20)18(6-3-7-19)9-11-4-5-12(15)13(16)8-11/h4-5,8,10,19H,3,6-7,9H2,1-2H3,(H,17,20). The summed E-state index contributed by atoms with van der Waals surface area (Å²) in [5, 5.41) is 12.7. The van der Waals surface area contributed by atoms with Gasteiger partial charge < -0.3 is 15.3 Å². The average molecular weight is 319 g/mol. The molecule has 0 fully saturated rings. The van der Waals surface area contributed by atoms with E-state index in [2.05, 4.69) is 5.32 Å². The molecule has 0 aliphatic rings. The van der Waals surface area contributed by atoms with E-state index in [0.29, 0.717) is 29.6 Å². The predicted octanol–water partition coefficient (Wildman–Crippen LogP) is 3.30. The van der Waals surface area contributed by atoms with Crippen molar-refractivity contribution in [2.45, 2.75) is 32.9 Å². The Morgan fingerprint density at radius 3 is 2.60 bits per heavy atom. The van der Waals surface area contributed by atoms with Gasteiger partial charge in [-0.15, -0.1) is 0 Å². The highest BCUT2D eigenvalue weighted by molar-refractivity contribution is 6.42. The smallest absolute Gasteiger partial charge is 0.317 e. The maximum atomic E-state index is 12.1. The van der Waals surface area contributed by atoms with Crippen LogP contribution in [-0.2, 0) is 6.54 Å². The largest absolute Gasteiger partial charge is 0.396 e. The molecule has 20 heavy (non-hydrogen) atoms. The Labute approximate surface area is 129 Å². The zero-order valence-corrected chi connectivity index (χ0v) is 13.2. The van der Waals surface area contributed by atoms with Gasteiger partial charge in [0.1, 0.15) is 0 Å². The van der Waals surface area contributed by atoms with Crippen molar-refractivity contribution in [1.82, 2.24) is 10.2 Å². The van der Waals surface area contributed by atoms with Gasteiger partial charge in [-0.25, -0.2) is 4.79 Å². The molecule has 1 aromatic rings. The summed E-state index contributed by atoms with van der Waals surface area (Å²) in [4.78, 5) is 13.7. The van der Waals surface area contributed by atoms with E-state index >= 15 is 0 Å². The van der Waals surface area contributed by atoms with Gasteiger partial charge in [0, 0.05) is 25.7 Å². The number of benzene rings is 1. The van der Waals surface area contributed by atoms with Gasteiger partial charge in [0.05, 0.1) is 10.0 Å². The molecule has 0 saturated carbocycles. The molecule has 112 valence electrons. The minimum absolute atomic E-state index is 0.0484. The molecule has 0 atom stereocenters. The highest BCUT2D eigenvalue weighted by Gasteiger charge is 2.14. The number of halogens is 2. The van der Waals surface area contributed by atoms with E-state index in [4.69, 9.17) is 28.3 Å². The molecule has 0 bridgehead atoms. The number of aliphatic hydroxyl groups excluding tert-OH is 1. The number of nitrogens with one attached hydrogen (secondary N) is 1. The highest BCUT2D eigenvalue weighted by Crippen LogP contribution is 2.23. The molecule has 4 nitrogen and oxygen atoms in total. The van der Waals surface area contributed by atoms with Crippen molar-refractivity contribution in [3.8, 4) is 0 Å². The van der Waals surface area contributed by atoms with Gasteiger partial charge in [0.15, 0.2) is 0 Å². The van der Waals surface area contributed by atoms with Crippen LogP contribution in [0.2, 0.25) is 10.0 Å². The summed E-state index contributed by atoms with van der Waals surface area (Å²) < 4.78 is 0. The first-order chi connectivity index (χ1) is 9.43. The zero-order chi connectivity index (χ0) is 15.1. The van der Waals surface area contributed by atoms with Crippen molar-refractivity contribution < 1.29 is 9.90 Å². The van der Waals surface area contributed by atoms with Crippen molar-refractivity contribution in [3.05, 3.63) is 33.8 Å². The Hall–Kier alpha value is -0.970. The van der Waals surface area contributed by atoms with Crippen molar-refractivity contribution >= 4 is 29.2 Å². The third-order valence-electron chi connectivity index (χ3n) is 2.64. The summed E-state index contributed by atoms with van der Waals surface area (Å²) in [6, 6.07) is 5.21. The first-order valence-electron chi connectivity index (χ1n) is 6.54. The second kappa shape index (κ2) is 8.35. The molecule has 1 aromatic carbocycles. The number of aliphatic hydroxyl groups is 1. The molecule has 0 spiro atoms. The Morgan fingerprint density at radius 1 is 1.35 bits per heavy atom. The molecular weight excluding hydrogens is 299 g/mol. The van der Waals surface area contributed by atoms with Crippen molar-refractivity contribution in [1.29, 1.82) is 0 Å². The summed E-state index contributed by atoms with van der Waals surface area (Å²) in [5.74, 6) is 0. The second-order valence-corrected chi connectivity index (χ2v) is 5.67. The Kier molecular flexibility index (Phi) is 7.13. The van der Waals surface area contributed by atoms with Gasteiger partial charge in [-0.2, -0.15) is 0 Å². The molecule has 0 aromatic heterocycles. The van der Waals surface area contributed by atoms with E-state index < -0.39 is 0 Å². The molecule has 0 aliphatic carbocycles. The third-order valence-corrected chi connectivity index (χ3v) is 3.38. The second-order valence-electron chi connectivity index (χ2n) is 4.85. The minimum atomic E-state index is -0.153. The molecule has 0 unspecified atom stereocenters. The maximum Gasteiger partial charge on any atom is 0.317 e. The van der Waals surface area contributed by atoms with E-state index in [1.165, 1.54) is 0 Å². The van der Waals surface area contributed by atoms with Gasteiger partial charge in [-0.3, -0.25) is 0 Å². The summed E-state index contributed by atoms with van der Waals surface area (Å²) >= 11 is 11.8. The fraction of sp³-hybridized carbons (Fsp3) is 0.500. The molecule has 0 radical (unpaired) electrons. The fourth-order valence-electron chi connectivity index (χ4n) is 1.71. The minimum Gasteiger partial charge on any atom is -0.396 e. The van der Waals surface area contributed by atoms with Gasteiger partial charge in [-0.1, -0.05) is 29.3 Å². The van der Waals surface area contributed by atoms with Crippen LogP contribution in [0.4, 0.5) is 4.79 Å². The van der Waals surface area contributed by atoms with Crippen LogP contribution in [0.1, 0.15) is 25.8 Å². The lowest BCUT2D eigenvalue weighted by molar-refractivity contribution is 0.184. The van der Waals surface area contributed by atoms with Crippen LogP contribution in [0.3, 0.4) is 0 Å². The monoisotopic (exact) mass is 318 g/mol. The number of carbonyl (C=O) groups excluding carboxylic acids is 1. The molecule has 6 heteroatoms. The number of carbonyl (C=O) groups is 1. The predicted molar refractivity (Wildman–Crippen MR) is 82.2 cm³/mol. The summed E-state index contributed by atoms with van der Waals surface area (Å²) in [6.45, 7) is 4.76. The lowest BCUT2D eigenvalue weighted by atomic mass is 10.2. The zero-order valence-electron chi connectivity index (χ0n) is 11.7. The van der Waals surface area contributed by atoms with Crippen LogP contribution >= 0.6 is 23.2 Å². The maximum absolute atomic E-state index is 12.1. The van der Waals surface area contributed by atoms with Gasteiger partial charge in [-0.05, 0) is 38.0 Å². The van der Waals surface area contributed by atoms with Crippen LogP contribution in [0, 0.1) is 0 Å². The average Bonchev–Trinajstić information content (AvgIpc) is 2.37. The van der Waals surface area contributed by atoms with Gasteiger partial charge >= 0.3 is 6.03 Å². The summed E-state index contributed by atoms with van der Waals surface area (Å²) in [5.41, 5.74) is 0.899. The van der Waals surface area contributed by atoms with Crippen molar-refractivity contribution in [3.63, 3.8) is 0 Å². The third kappa shape index (κ3) is 5.57. The SMILES string of the molecule is CC(C)NC(=O)N(CCCO)Cc1ccc(Cl)c(Cl)c1. The molecular formula is C14H20Cl2N2O2. The Balaban J connectivity index is 2.77.